The lowest BCUT2D eigenvalue weighted by Crippen LogP contribution is -2.42. The van der Waals surface area contributed by atoms with E-state index in [2.05, 4.69) is 5.32 Å². The molecule has 3 rings (SSSR count). The Morgan fingerprint density at radius 3 is 2.78 bits per heavy atom. The van der Waals surface area contributed by atoms with Gasteiger partial charge in [-0.2, -0.15) is 0 Å². The second-order valence-corrected chi connectivity index (χ2v) is 7.90. The standard InChI is InChI=1S/C22H24ClFN2O6/c1-31-8-4-6-13-16(32-2)11-26-10-14(20(28)21(29)18(26)19(13)27)22(30)25-9-12-5-3-7-15(23)17(12)24/h3,5,7,10,13,16,29H,4,6,8-9,11H2,1-2H3,(H,25,30)/t13-,16-/m0/s1. The van der Waals surface area contributed by atoms with Crippen molar-refractivity contribution in [1.29, 1.82) is 0 Å². The van der Waals surface area contributed by atoms with Crippen molar-refractivity contribution >= 4 is 23.3 Å². The number of ketones is 1. The molecule has 8 nitrogen and oxygen atoms in total. The molecule has 0 unspecified atom stereocenters. The zero-order valence-electron chi connectivity index (χ0n) is 17.7. The molecule has 32 heavy (non-hydrogen) atoms. The van der Waals surface area contributed by atoms with E-state index in [9.17, 15) is 23.9 Å². The van der Waals surface area contributed by atoms with Crippen LogP contribution in [0.2, 0.25) is 5.02 Å². The van der Waals surface area contributed by atoms with E-state index in [0.29, 0.717) is 19.4 Å². The van der Waals surface area contributed by atoms with Gasteiger partial charge in [-0.05, 0) is 18.9 Å². The molecule has 2 heterocycles. The largest absolute Gasteiger partial charge is 0.503 e. The van der Waals surface area contributed by atoms with E-state index in [1.807, 2.05) is 0 Å². The molecule has 10 heteroatoms. The van der Waals surface area contributed by atoms with E-state index < -0.39 is 40.7 Å². The Bertz CT molecular complexity index is 1090. The number of pyridine rings is 1. The van der Waals surface area contributed by atoms with Crippen molar-refractivity contribution in [1.82, 2.24) is 9.88 Å². The first-order valence-corrected chi connectivity index (χ1v) is 10.4. The number of halogens is 2. The molecule has 0 aliphatic carbocycles. The van der Waals surface area contributed by atoms with Crippen LogP contribution in [0, 0.1) is 11.7 Å². The van der Waals surface area contributed by atoms with Crippen molar-refractivity contribution in [2.24, 2.45) is 5.92 Å². The summed E-state index contributed by atoms with van der Waals surface area (Å²) in [6, 6.07) is 4.36. The Hall–Kier alpha value is -2.75. The molecule has 1 aromatic heterocycles. The molecule has 2 N–H and O–H groups in total. The summed E-state index contributed by atoms with van der Waals surface area (Å²) >= 11 is 5.74. The highest BCUT2D eigenvalue weighted by atomic mass is 35.5. The number of carbonyl (C=O) groups excluding carboxylic acids is 2. The fourth-order valence-electron chi connectivity index (χ4n) is 3.84. The number of aromatic nitrogens is 1. The number of hydrogen-bond acceptors (Lipinski definition) is 6. The lowest BCUT2D eigenvalue weighted by Gasteiger charge is -2.32. The van der Waals surface area contributed by atoms with Crippen molar-refractivity contribution in [3.8, 4) is 5.75 Å². The van der Waals surface area contributed by atoms with Gasteiger partial charge in [-0.15, -0.1) is 0 Å². The SMILES string of the molecule is COCCC[C@@H]1C(=O)c2c(O)c(=O)c(C(=O)NCc3cccc(Cl)c3F)cn2C[C@@H]1OC. The summed E-state index contributed by atoms with van der Waals surface area (Å²) in [6.07, 6.45) is 1.80. The highest BCUT2D eigenvalue weighted by Gasteiger charge is 2.38. The number of benzene rings is 1. The maximum absolute atomic E-state index is 14.0. The number of ether oxygens (including phenoxy) is 2. The van der Waals surface area contributed by atoms with Gasteiger partial charge in [-0.3, -0.25) is 14.4 Å². The van der Waals surface area contributed by atoms with Crippen LogP contribution in [0.15, 0.2) is 29.2 Å². The number of aromatic hydroxyl groups is 1. The lowest BCUT2D eigenvalue weighted by atomic mass is 9.86. The molecular formula is C22H24ClFN2O6. The van der Waals surface area contributed by atoms with Crippen LogP contribution in [0.5, 0.6) is 5.75 Å². The van der Waals surface area contributed by atoms with E-state index >= 15 is 0 Å². The van der Waals surface area contributed by atoms with Crippen LogP contribution < -0.4 is 10.7 Å². The van der Waals surface area contributed by atoms with Gasteiger partial charge in [0.15, 0.2) is 11.5 Å². The maximum atomic E-state index is 14.0. The number of carbonyl (C=O) groups is 2. The van der Waals surface area contributed by atoms with Crippen LogP contribution in [0.3, 0.4) is 0 Å². The number of methoxy groups -OCH3 is 2. The minimum absolute atomic E-state index is 0.0904. The molecule has 1 aliphatic rings. The van der Waals surface area contributed by atoms with E-state index in [1.165, 1.54) is 36.1 Å². The minimum atomic E-state index is -0.972. The second-order valence-electron chi connectivity index (χ2n) is 7.50. The van der Waals surface area contributed by atoms with Gasteiger partial charge in [0.2, 0.25) is 5.43 Å². The third kappa shape index (κ3) is 4.69. The summed E-state index contributed by atoms with van der Waals surface area (Å²) in [6.45, 7) is 0.423. The van der Waals surface area contributed by atoms with Crippen LogP contribution in [0.4, 0.5) is 4.39 Å². The highest BCUT2D eigenvalue weighted by Crippen LogP contribution is 2.30. The molecule has 1 aliphatic heterocycles. The summed E-state index contributed by atoms with van der Waals surface area (Å²) < 4.78 is 25.9. The quantitative estimate of drug-likeness (QED) is 0.579. The normalized spacial score (nSPS) is 17.8. The van der Waals surface area contributed by atoms with Gasteiger partial charge < -0.3 is 24.5 Å². The number of nitrogens with one attached hydrogen (secondary N) is 1. The summed E-state index contributed by atoms with van der Waals surface area (Å²) in [4.78, 5) is 38.3. The van der Waals surface area contributed by atoms with Crippen LogP contribution in [-0.2, 0) is 22.6 Å². The average molecular weight is 467 g/mol. The van der Waals surface area contributed by atoms with Gasteiger partial charge in [-0.1, -0.05) is 23.7 Å². The molecule has 0 radical (unpaired) electrons. The molecule has 0 bridgehead atoms. The molecule has 172 valence electrons. The van der Waals surface area contributed by atoms with Crippen LogP contribution in [0.25, 0.3) is 0 Å². The highest BCUT2D eigenvalue weighted by molar-refractivity contribution is 6.30. The molecule has 2 aromatic rings. The third-order valence-electron chi connectivity index (χ3n) is 5.53. The average Bonchev–Trinajstić information content (AvgIpc) is 2.78. The Morgan fingerprint density at radius 2 is 2.09 bits per heavy atom. The number of nitrogens with zero attached hydrogens (tertiary/aromatic N) is 1. The first-order valence-electron chi connectivity index (χ1n) is 10.0. The third-order valence-corrected chi connectivity index (χ3v) is 5.83. The molecule has 0 saturated heterocycles. The first-order chi connectivity index (χ1) is 15.3. The predicted octanol–water partition coefficient (Wildman–Crippen LogP) is 2.53. The maximum Gasteiger partial charge on any atom is 0.257 e. The molecule has 0 fully saturated rings. The van der Waals surface area contributed by atoms with Gasteiger partial charge in [0.05, 0.1) is 17.0 Å². The smallest absolute Gasteiger partial charge is 0.257 e. The Morgan fingerprint density at radius 1 is 1.34 bits per heavy atom. The van der Waals surface area contributed by atoms with E-state index in [0.717, 1.165) is 0 Å². The van der Waals surface area contributed by atoms with Gasteiger partial charge >= 0.3 is 0 Å². The van der Waals surface area contributed by atoms with Crippen molar-refractivity contribution in [3.63, 3.8) is 0 Å². The molecule has 0 spiro atoms. The summed E-state index contributed by atoms with van der Waals surface area (Å²) in [5, 5.41) is 12.8. The number of hydrogen-bond donors (Lipinski definition) is 2. The van der Waals surface area contributed by atoms with E-state index in [4.69, 9.17) is 21.1 Å². The van der Waals surface area contributed by atoms with Gasteiger partial charge in [0.25, 0.3) is 5.91 Å². The fourth-order valence-corrected chi connectivity index (χ4v) is 4.03. The number of rotatable bonds is 8. The van der Waals surface area contributed by atoms with Gasteiger partial charge in [0.1, 0.15) is 17.1 Å². The topological polar surface area (TPSA) is 107 Å². The van der Waals surface area contributed by atoms with Crippen molar-refractivity contribution in [2.75, 3.05) is 20.8 Å². The van der Waals surface area contributed by atoms with Crippen LogP contribution in [0.1, 0.15) is 39.3 Å². The van der Waals surface area contributed by atoms with Crippen molar-refractivity contribution in [2.45, 2.75) is 32.0 Å². The first kappa shape index (κ1) is 23.9. The number of Topliss-reactive ketones (excluding diaryl/α,β-unsaturated/α-hetero) is 1. The summed E-state index contributed by atoms with van der Waals surface area (Å²) in [5.74, 6) is -3.26. The van der Waals surface area contributed by atoms with Gasteiger partial charge in [0, 0.05) is 45.7 Å². The Balaban J connectivity index is 1.87. The van der Waals surface area contributed by atoms with Crippen LogP contribution >= 0.6 is 11.6 Å². The number of fused-ring (bicyclic) bond motifs is 1. The molecule has 2 atom stereocenters. The molecule has 0 saturated carbocycles. The Labute approximate surface area is 188 Å². The zero-order valence-corrected chi connectivity index (χ0v) is 18.4. The van der Waals surface area contributed by atoms with E-state index in [1.54, 1.807) is 7.11 Å². The van der Waals surface area contributed by atoms with E-state index in [-0.39, 0.29) is 34.9 Å². The number of amides is 1. The minimum Gasteiger partial charge on any atom is -0.503 e. The second kappa shape index (κ2) is 10.2. The molecule has 1 aromatic carbocycles. The summed E-state index contributed by atoms with van der Waals surface area (Å²) in [5.41, 5.74) is -1.35. The summed E-state index contributed by atoms with van der Waals surface area (Å²) in [7, 11) is 3.03. The van der Waals surface area contributed by atoms with Gasteiger partial charge in [-0.25, -0.2) is 4.39 Å². The lowest BCUT2D eigenvalue weighted by molar-refractivity contribution is 0.0204. The predicted molar refractivity (Wildman–Crippen MR) is 115 cm³/mol. The fraction of sp³-hybridized carbons (Fsp3) is 0.409. The Kier molecular flexibility index (Phi) is 7.65. The molecule has 1 amide bonds. The zero-order chi connectivity index (χ0) is 23.4. The van der Waals surface area contributed by atoms with Crippen LogP contribution in [-0.4, -0.2) is 48.3 Å². The van der Waals surface area contributed by atoms with Crippen molar-refractivity contribution < 1.29 is 28.6 Å². The molecular weight excluding hydrogens is 443 g/mol. The monoisotopic (exact) mass is 466 g/mol. The van der Waals surface area contributed by atoms with Crippen molar-refractivity contribution in [3.05, 3.63) is 62.3 Å².